The van der Waals surface area contributed by atoms with E-state index >= 15 is 0 Å². The number of rotatable bonds is 14. The molecule has 0 aliphatic carbocycles. The summed E-state index contributed by atoms with van der Waals surface area (Å²) < 4.78 is 35.3. The summed E-state index contributed by atoms with van der Waals surface area (Å²) in [5.41, 5.74) is 3.62. The van der Waals surface area contributed by atoms with Gasteiger partial charge in [0.25, 0.3) is 10.0 Å². The standard InChI is InChI=1S/C37H42ClN3O5S/c1-6-28(4)39-37(43)34(22-29-13-8-7-9-14-29)40(24-30-15-11-10-12-27(30)3)36(42)25-41(33-23-31(38)18-21-35(33)46-5)47(44,45)32-19-16-26(2)17-20-32/h7-21,23,28,34H,6,22,24-25H2,1-5H3,(H,39,43)/t28-,34+/m0/s1. The molecular formula is C37H42ClN3O5S. The number of amides is 2. The molecule has 2 amide bonds. The zero-order chi connectivity index (χ0) is 34.1. The maximum absolute atomic E-state index is 14.7. The molecule has 0 bridgehead atoms. The lowest BCUT2D eigenvalue weighted by Crippen LogP contribution is -2.54. The highest BCUT2D eigenvalue weighted by molar-refractivity contribution is 7.92. The molecule has 4 aromatic carbocycles. The van der Waals surface area contributed by atoms with Crippen LogP contribution in [0.2, 0.25) is 5.02 Å². The maximum Gasteiger partial charge on any atom is 0.264 e. The van der Waals surface area contributed by atoms with Crippen molar-refractivity contribution < 1.29 is 22.7 Å². The van der Waals surface area contributed by atoms with Crippen molar-refractivity contribution in [3.63, 3.8) is 0 Å². The van der Waals surface area contributed by atoms with Gasteiger partial charge in [-0.15, -0.1) is 0 Å². The molecule has 0 heterocycles. The summed E-state index contributed by atoms with van der Waals surface area (Å²) in [6.07, 6.45) is 0.929. The number of nitrogens with zero attached hydrogens (tertiary/aromatic N) is 2. The third-order valence-electron chi connectivity index (χ3n) is 8.17. The van der Waals surface area contributed by atoms with Gasteiger partial charge in [0.05, 0.1) is 17.7 Å². The quantitative estimate of drug-likeness (QED) is 0.160. The molecule has 4 aromatic rings. The number of carbonyl (C=O) groups excluding carboxylic acids is 2. The van der Waals surface area contributed by atoms with Gasteiger partial charge >= 0.3 is 0 Å². The van der Waals surface area contributed by atoms with E-state index in [-0.39, 0.29) is 46.3 Å². The number of aryl methyl sites for hydroxylation is 2. The van der Waals surface area contributed by atoms with Crippen molar-refractivity contribution in [2.45, 2.75) is 64.1 Å². The minimum Gasteiger partial charge on any atom is -0.495 e. The molecule has 2 atom stereocenters. The topological polar surface area (TPSA) is 96.0 Å². The number of sulfonamides is 1. The molecule has 0 aliphatic rings. The highest BCUT2D eigenvalue weighted by atomic mass is 35.5. The number of carbonyl (C=O) groups is 2. The van der Waals surface area contributed by atoms with Gasteiger partial charge in [-0.3, -0.25) is 13.9 Å². The van der Waals surface area contributed by atoms with E-state index in [0.717, 1.165) is 26.6 Å². The van der Waals surface area contributed by atoms with Crippen LogP contribution in [0.1, 0.15) is 42.5 Å². The van der Waals surface area contributed by atoms with Crippen LogP contribution >= 0.6 is 11.6 Å². The summed E-state index contributed by atoms with van der Waals surface area (Å²) in [6, 6.07) is 27.0. The Kier molecular flexibility index (Phi) is 12.1. The number of anilines is 1. The molecule has 10 heteroatoms. The smallest absolute Gasteiger partial charge is 0.264 e. The van der Waals surface area contributed by atoms with Gasteiger partial charge in [0, 0.05) is 24.0 Å². The Morgan fingerprint density at radius 3 is 2.21 bits per heavy atom. The summed E-state index contributed by atoms with van der Waals surface area (Å²) in [5.74, 6) is -0.664. The molecule has 0 aliphatic heterocycles. The predicted octanol–water partition coefficient (Wildman–Crippen LogP) is 6.72. The van der Waals surface area contributed by atoms with Gasteiger partial charge in [-0.05, 0) is 74.2 Å². The third-order valence-corrected chi connectivity index (χ3v) is 10.2. The van der Waals surface area contributed by atoms with Crippen molar-refractivity contribution in [3.8, 4) is 5.75 Å². The van der Waals surface area contributed by atoms with E-state index in [4.69, 9.17) is 16.3 Å². The van der Waals surface area contributed by atoms with E-state index in [9.17, 15) is 18.0 Å². The van der Waals surface area contributed by atoms with Crippen molar-refractivity contribution >= 4 is 39.1 Å². The molecule has 0 saturated heterocycles. The fourth-order valence-corrected chi connectivity index (χ4v) is 6.76. The van der Waals surface area contributed by atoms with Crippen molar-refractivity contribution in [2.75, 3.05) is 18.0 Å². The summed E-state index contributed by atoms with van der Waals surface area (Å²) in [6.45, 7) is 7.15. The summed E-state index contributed by atoms with van der Waals surface area (Å²) >= 11 is 6.38. The minimum atomic E-state index is -4.31. The second-order valence-electron chi connectivity index (χ2n) is 11.6. The molecule has 0 unspecified atom stereocenters. The number of hydrogen-bond donors (Lipinski definition) is 1. The first-order chi connectivity index (χ1) is 22.4. The zero-order valence-electron chi connectivity index (χ0n) is 27.4. The first-order valence-electron chi connectivity index (χ1n) is 15.6. The lowest BCUT2D eigenvalue weighted by Gasteiger charge is -2.35. The number of ether oxygens (including phenoxy) is 1. The molecule has 248 valence electrons. The van der Waals surface area contributed by atoms with Crippen LogP contribution in [0.4, 0.5) is 5.69 Å². The van der Waals surface area contributed by atoms with Crippen LogP contribution in [0.5, 0.6) is 5.75 Å². The second-order valence-corrected chi connectivity index (χ2v) is 13.9. The van der Waals surface area contributed by atoms with E-state index in [1.54, 1.807) is 24.3 Å². The van der Waals surface area contributed by atoms with E-state index in [0.29, 0.717) is 6.42 Å². The van der Waals surface area contributed by atoms with Gasteiger partial charge in [-0.1, -0.05) is 90.8 Å². The van der Waals surface area contributed by atoms with Crippen molar-refractivity contribution in [3.05, 3.63) is 124 Å². The lowest BCUT2D eigenvalue weighted by molar-refractivity contribution is -0.140. The molecule has 1 N–H and O–H groups in total. The summed E-state index contributed by atoms with van der Waals surface area (Å²) in [4.78, 5) is 30.2. The van der Waals surface area contributed by atoms with Crippen LogP contribution in [0.3, 0.4) is 0 Å². The highest BCUT2D eigenvalue weighted by Crippen LogP contribution is 2.35. The van der Waals surface area contributed by atoms with Crippen molar-refractivity contribution in [2.24, 2.45) is 0 Å². The molecule has 4 rings (SSSR count). The Labute approximate surface area is 283 Å². The number of methoxy groups -OCH3 is 1. The maximum atomic E-state index is 14.7. The van der Waals surface area contributed by atoms with Gasteiger partial charge < -0.3 is 15.0 Å². The van der Waals surface area contributed by atoms with E-state index in [1.165, 1.54) is 30.2 Å². The van der Waals surface area contributed by atoms with Crippen LogP contribution < -0.4 is 14.4 Å². The zero-order valence-corrected chi connectivity index (χ0v) is 29.0. The Balaban J connectivity index is 1.87. The molecule has 0 fully saturated rings. The number of halogens is 1. The largest absolute Gasteiger partial charge is 0.495 e. The first-order valence-corrected chi connectivity index (χ1v) is 17.4. The number of nitrogens with one attached hydrogen (secondary N) is 1. The second kappa shape index (κ2) is 16.0. The molecule has 0 saturated carbocycles. The molecule has 0 radical (unpaired) electrons. The van der Waals surface area contributed by atoms with Crippen molar-refractivity contribution in [1.29, 1.82) is 0 Å². The highest BCUT2D eigenvalue weighted by Gasteiger charge is 2.36. The SMILES string of the molecule is CC[C@H](C)NC(=O)[C@@H](Cc1ccccc1)N(Cc1ccccc1C)C(=O)CN(c1cc(Cl)ccc1OC)S(=O)(=O)c1ccc(C)cc1. The average molecular weight is 676 g/mol. The molecule has 47 heavy (non-hydrogen) atoms. The van der Waals surface area contributed by atoms with Crippen LogP contribution in [0, 0.1) is 13.8 Å². The summed E-state index contributed by atoms with van der Waals surface area (Å²) in [7, 11) is -2.89. The predicted molar refractivity (Wildman–Crippen MR) is 187 cm³/mol. The number of hydrogen-bond acceptors (Lipinski definition) is 5. The van der Waals surface area contributed by atoms with Crippen LogP contribution in [0.25, 0.3) is 0 Å². The molecule has 8 nitrogen and oxygen atoms in total. The van der Waals surface area contributed by atoms with Crippen LogP contribution in [-0.2, 0) is 32.6 Å². The Hall–Kier alpha value is -4.34. The van der Waals surface area contributed by atoms with E-state index in [1.807, 2.05) is 82.3 Å². The fourth-order valence-electron chi connectivity index (χ4n) is 5.17. The van der Waals surface area contributed by atoms with Gasteiger partial charge in [-0.25, -0.2) is 8.42 Å². The minimum absolute atomic E-state index is 0.00117. The lowest BCUT2D eigenvalue weighted by atomic mass is 10.0. The average Bonchev–Trinajstić information content (AvgIpc) is 3.06. The third kappa shape index (κ3) is 8.93. The fraction of sp³-hybridized carbons (Fsp3) is 0.297. The normalized spacial score (nSPS) is 12.6. The molecule has 0 spiro atoms. The Morgan fingerprint density at radius 1 is 0.915 bits per heavy atom. The van der Waals surface area contributed by atoms with Gasteiger partial charge in [-0.2, -0.15) is 0 Å². The van der Waals surface area contributed by atoms with Gasteiger partial charge in [0.2, 0.25) is 11.8 Å². The van der Waals surface area contributed by atoms with Crippen LogP contribution in [0.15, 0.2) is 102 Å². The van der Waals surface area contributed by atoms with E-state index < -0.39 is 28.5 Å². The van der Waals surface area contributed by atoms with Gasteiger partial charge in [0.15, 0.2) is 0 Å². The van der Waals surface area contributed by atoms with Crippen molar-refractivity contribution in [1.82, 2.24) is 10.2 Å². The first kappa shape index (κ1) is 35.5. The van der Waals surface area contributed by atoms with E-state index in [2.05, 4.69) is 5.32 Å². The molecular weight excluding hydrogens is 634 g/mol. The summed E-state index contributed by atoms with van der Waals surface area (Å²) in [5, 5.41) is 3.32. The molecule has 0 aromatic heterocycles. The van der Waals surface area contributed by atoms with Crippen LogP contribution in [-0.4, -0.2) is 50.9 Å². The number of benzene rings is 4. The van der Waals surface area contributed by atoms with Gasteiger partial charge in [0.1, 0.15) is 18.3 Å². The monoisotopic (exact) mass is 675 g/mol. The Bertz CT molecular complexity index is 1780. The Morgan fingerprint density at radius 2 is 1.57 bits per heavy atom.